The van der Waals surface area contributed by atoms with Crippen molar-refractivity contribution in [2.45, 2.75) is 30.7 Å². The number of rotatable bonds is 7. The monoisotopic (exact) mass is 278 g/mol. The molecule has 0 radical (unpaired) electrons. The molecule has 1 atom stereocenters. The molecule has 1 heterocycles. The third-order valence-corrected chi connectivity index (χ3v) is 4.90. The van der Waals surface area contributed by atoms with Crippen LogP contribution in [0.1, 0.15) is 19.8 Å². The van der Waals surface area contributed by atoms with E-state index in [-0.39, 0.29) is 0 Å². The van der Waals surface area contributed by atoms with Gasteiger partial charge in [0.15, 0.2) is 0 Å². The molecule has 1 aromatic rings. The molecule has 19 heavy (non-hydrogen) atoms. The quantitative estimate of drug-likeness (QED) is 0.707. The fourth-order valence-corrected chi connectivity index (χ4v) is 3.79. The van der Waals surface area contributed by atoms with Gasteiger partial charge in [0.1, 0.15) is 0 Å². The molecule has 3 heteroatoms. The zero-order chi connectivity index (χ0) is 13.5. The first-order valence-electron chi connectivity index (χ1n) is 7.40. The van der Waals surface area contributed by atoms with Crippen LogP contribution in [0.5, 0.6) is 0 Å². The van der Waals surface area contributed by atoms with Crippen LogP contribution in [0, 0.1) is 0 Å². The van der Waals surface area contributed by atoms with Crippen LogP contribution in [0.2, 0.25) is 0 Å². The summed E-state index contributed by atoms with van der Waals surface area (Å²) in [5.74, 6) is 1.18. The number of likely N-dealkylation sites (tertiary alicyclic amines) is 1. The Morgan fingerprint density at radius 3 is 2.84 bits per heavy atom. The topological polar surface area (TPSA) is 6.48 Å². The van der Waals surface area contributed by atoms with E-state index in [9.17, 15) is 0 Å². The first-order valence-corrected chi connectivity index (χ1v) is 8.38. The van der Waals surface area contributed by atoms with Gasteiger partial charge >= 0.3 is 0 Å². The number of nitrogens with zero attached hydrogens (tertiary/aromatic N) is 2. The molecule has 1 aliphatic rings. The molecule has 1 aliphatic heterocycles. The van der Waals surface area contributed by atoms with Crippen LogP contribution >= 0.6 is 11.8 Å². The molecule has 0 aliphatic carbocycles. The van der Waals surface area contributed by atoms with Crippen LogP contribution in [0.3, 0.4) is 0 Å². The second-order valence-corrected chi connectivity index (χ2v) is 6.52. The average molecular weight is 278 g/mol. The summed E-state index contributed by atoms with van der Waals surface area (Å²) in [6, 6.07) is 11.5. The van der Waals surface area contributed by atoms with Crippen LogP contribution in [-0.2, 0) is 0 Å². The van der Waals surface area contributed by atoms with E-state index in [0.717, 1.165) is 6.04 Å². The Labute approximate surface area is 122 Å². The highest BCUT2D eigenvalue weighted by molar-refractivity contribution is 7.99. The lowest BCUT2D eigenvalue weighted by Crippen LogP contribution is -2.39. The third kappa shape index (κ3) is 4.83. The second kappa shape index (κ2) is 7.93. The maximum atomic E-state index is 2.63. The highest BCUT2D eigenvalue weighted by Crippen LogP contribution is 2.19. The van der Waals surface area contributed by atoms with E-state index in [4.69, 9.17) is 0 Å². The Morgan fingerprint density at radius 1 is 1.32 bits per heavy atom. The van der Waals surface area contributed by atoms with Crippen molar-refractivity contribution in [1.82, 2.24) is 9.80 Å². The molecule has 0 N–H and O–H groups in total. The highest BCUT2D eigenvalue weighted by Gasteiger charge is 2.23. The number of hydrogen-bond donors (Lipinski definition) is 0. The summed E-state index contributed by atoms with van der Waals surface area (Å²) in [6.45, 7) is 7.19. The van der Waals surface area contributed by atoms with Crippen LogP contribution in [0.15, 0.2) is 35.2 Å². The Bertz CT molecular complexity index is 355. The molecule has 2 rings (SSSR count). The maximum absolute atomic E-state index is 2.63. The van der Waals surface area contributed by atoms with Gasteiger partial charge in [0.25, 0.3) is 0 Å². The molecule has 0 bridgehead atoms. The van der Waals surface area contributed by atoms with Gasteiger partial charge in [0.2, 0.25) is 0 Å². The van der Waals surface area contributed by atoms with Crippen LogP contribution < -0.4 is 0 Å². The molecule has 0 spiro atoms. The van der Waals surface area contributed by atoms with E-state index in [1.807, 2.05) is 11.8 Å². The Kier molecular flexibility index (Phi) is 6.21. The molecule has 0 saturated carbocycles. The molecule has 0 amide bonds. The molecular weight excluding hydrogens is 252 g/mol. The van der Waals surface area contributed by atoms with Gasteiger partial charge in [-0.1, -0.05) is 25.1 Å². The van der Waals surface area contributed by atoms with Gasteiger partial charge in [0.05, 0.1) is 0 Å². The van der Waals surface area contributed by atoms with E-state index < -0.39 is 0 Å². The standard InChI is InChI=1S/C16H26N2S/c1-3-18-11-7-8-15(18)14-17(2)12-13-19-16-9-5-4-6-10-16/h4-6,9-10,15H,3,7-8,11-14H2,1-2H3. The van der Waals surface area contributed by atoms with Gasteiger partial charge in [0, 0.05) is 29.8 Å². The predicted molar refractivity (Wildman–Crippen MR) is 84.9 cm³/mol. The first kappa shape index (κ1) is 14.9. The van der Waals surface area contributed by atoms with Gasteiger partial charge in [-0.25, -0.2) is 0 Å². The molecule has 1 aromatic carbocycles. The van der Waals surface area contributed by atoms with Gasteiger partial charge in [-0.15, -0.1) is 11.8 Å². The Morgan fingerprint density at radius 2 is 2.11 bits per heavy atom. The van der Waals surface area contributed by atoms with Crippen molar-refractivity contribution in [3.63, 3.8) is 0 Å². The number of likely N-dealkylation sites (N-methyl/N-ethyl adjacent to an activating group) is 2. The molecular formula is C16H26N2S. The molecule has 1 saturated heterocycles. The Hall–Kier alpha value is -0.510. The van der Waals surface area contributed by atoms with Crippen molar-refractivity contribution in [1.29, 1.82) is 0 Å². The van der Waals surface area contributed by atoms with Crippen molar-refractivity contribution >= 4 is 11.8 Å². The Balaban J connectivity index is 1.66. The van der Waals surface area contributed by atoms with Crippen molar-refractivity contribution in [2.24, 2.45) is 0 Å². The van der Waals surface area contributed by atoms with Crippen LogP contribution in [-0.4, -0.2) is 54.8 Å². The summed E-state index contributed by atoms with van der Waals surface area (Å²) in [4.78, 5) is 6.50. The summed E-state index contributed by atoms with van der Waals surface area (Å²) in [5.41, 5.74) is 0. The van der Waals surface area contributed by atoms with Gasteiger partial charge in [-0.05, 0) is 45.1 Å². The SMILES string of the molecule is CCN1CCCC1CN(C)CCSc1ccccc1. The molecule has 1 fully saturated rings. The lowest BCUT2D eigenvalue weighted by atomic mass is 10.2. The zero-order valence-corrected chi connectivity index (χ0v) is 13.0. The summed E-state index contributed by atoms with van der Waals surface area (Å²) in [5, 5.41) is 0. The van der Waals surface area contributed by atoms with E-state index >= 15 is 0 Å². The minimum atomic E-state index is 0.789. The van der Waals surface area contributed by atoms with Crippen LogP contribution in [0.25, 0.3) is 0 Å². The van der Waals surface area contributed by atoms with E-state index in [2.05, 4.69) is 54.1 Å². The van der Waals surface area contributed by atoms with Crippen molar-refractivity contribution < 1.29 is 0 Å². The molecule has 2 nitrogen and oxygen atoms in total. The van der Waals surface area contributed by atoms with Crippen molar-refractivity contribution in [3.05, 3.63) is 30.3 Å². The summed E-state index contributed by atoms with van der Waals surface area (Å²) >= 11 is 1.96. The second-order valence-electron chi connectivity index (χ2n) is 5.35. The number of benzene rings is 1. The third-order valence-electron chi connectivity index (χ3n) is 3.91. The molecule has 106 valence electrons. The largest absolute Gasteiger partial charge is 0.304 e. The summed E-state index contributed by atoms with van der Waals surface area (Å²) in [7, 11) is 2.26. The lowest BCUT2D eigenvalue weighted by Gasteiger charge is -2.27. The minimum Gasteiger partial charge on any atom is -0.304 e. The van der Waals surface area contributed by atoms with E-state index in [1.54, 1.807) is 0 Å². The van der Waals surface area contributed by atoms with E-state index in [1.165, 1.54) is 49.7 Å². The maximum Gasteiger partial charge on any atom is 0.0223 e. The normalized spacial score (nSPS) is 20.3. The number of hydrogen-bond acceptors (Lipinski definition) is 3. The lowest BCUT2D eigenvalue weighted by molar-refractivity contribution is 0.204. The summed E-state index contributed by atoms with van der Waals surface area (Å²) < 4.78 is 0. The molecule has 1 unspecified atom stereocenters. The highest BCUT2D eigenvalue weighted by atomic mass is 32.2. The van der Waals surface area contributed by atoms with Crippen LogP contribution in [0.4, 0.5) is 0 Å². The molecule has 0 aromatic heterocycles. The predicted octanol–water partition coefficient (Wildman–Crippen LogP) is 3.19. The van der Waals surface area contributed by atoms with Gasteiger partial charge in [-0.3, -0.25) is 4.90 Å². The van der Waals surface area contributed by atoms with E-state index in [0.29, 0.717) is 0 Å². The van der Waals surface area contributed by atoms with Crippen molar-refractivity contribution in [2.75, 3.05) is 39.0 Å². The van der Waals surface area contributed by atoms with Crippen molar-refractivity contribution in [3.8, 4) is 0 Å². The smallest absolute Gasteiger partial charge is 0.0223 e. The fourth-order valence-electron chi connectivity index (χ4n) is 2.81. The number of thioether (sulfide) groups is 1. The minimum absolute atomic E-state index is 0.789. The zero-order valence-electron chi connectivity index (χ0n) is 12.2. The average Bonchev–Trinajstić information content (AvgIpc) is 2.87. The summed E-state index contributed by atoms with van der Waals surface area (Å²) in [6.07, 6.45) is 2.76. The first-order chi connectivity index (χ1) is 9.29. The van der Waals surface area contributed by atoms with Gasteiger partial charge < -0.3 is 4.90 Å². The fraction of sp³-hybridized carbons (Fsp3) is 0.625. The van der Waals surface area contributed by atoms with Gasteiger partial charge in [-0.2, -0.15) is 0 Å².